The van der Waals surface area contributed by atoms with Gasteiger partial charge in [0.05, 0.1) is 0 Å². The second-order valence-electron chi connectivity index (χ2n) is 2.18. The van der Waals surface area contributed by atoms with Gasteiger partial charge in [-0.2, -0.15) is 0 Å². The Labute approximate surface area is 73.2 Å². The maximum absolute atomic E-state index is 4.50. The van der Waals surface area contributed by atoms with E-state index in [1.165, 1.54) is 31.2 Å². The van der Waals surface area contributed by atoms with E-state index in [1.807, 2.05) is 11.3 Å². The van der Waals surface area contributed by atoms with Crippen molar-refractivity contribution < 1.29 is 0 Å². The highest BCUT2D eigenvalue weighted by atomic mass is 32.1. The fraction of sp³-hybridized carbons (Fsp3) is 0.556. The predicted octanol–water partition coefficient (Wildman–Crippen LogP) is 2.67. The predicted molar refractivity (Wildman–Crippen MR) is 53.0 cm³/mol. The molecule has 2 N–H and O–H groups in total. The first kappa shape index (κ1) is 10.7. The summed E-state index contributed by atoms with van der Waals surface area (Å²) in [6.07, 6.45) is 3.91. The van der Waals surface area contributed by atoms with Gasteiger partial charge in [0.1, 0.15) is 0 Å². The third-order valence-corrected chi connectivity index (χ3v) is 2.29. The van der Waals surface area contributed by atoms with Crippen LogP contribution in [-0.2, 0) is 6.42 Å². The summed E-state index contributed by atoms with van der Waals surface area (Å²) >= 11 is 1.86. The van der Waals surface area contributed by atoms with Gasteiger partial charge in [-0.25, -0.2) is 0 Å². The molecule has 0 amide bonds. The number of hydrogen-bond acceptors (Lipinski definition) is 2. The molecule has 1 aromatic heterocycles. The topological polar surface area (TPSA) is 26.0 Å². The zero-order valence-corrected chi connectivity index (χ0v) is 8.16. The highest BCUT2D eigenvalue weighted by molar-refractivity contribution is 7.09. The van der Waals surface area contributed by atoms with E-state index in [2.05, 4.69) is 30.2 Å². The summed E-state index contributed by atoms with van der Waals surface area (Å²) in [4.78, 5) is 1.52. The van der Waals surface area contributed by atoms with Crippen LogP contribution in [0.2, 0.25) is 0 Å². The standard InChI is InChI=1S/C8H12S.CH5N/c1-2-3-5-8-6-4-7-9-8;1-2/h4,6-7H,2-3,5H2,1H3;2H2,1H3. The van der Waals surface area contributed by atoms with E-state index in [1.54, 1.807) is 0 Å². The lowest BCUT2D eigenvalue weighted by atomic mass is 10.2. The monoisotopic (exact) mass is 171 g/mol. The van der Waals surface area contributed by atoms with Gasteiger partial charge >= 0.3 is 0 Å². The normalized spacial score (nSPS) is 8.64. The Balaban J connectivity index is 0.000000461. The molecule has 0 spiro atoms. The average Bonchev–Trinajstić information content (AvgIpc) is 2.57. The molecule has 0 saturated heterocycles. The molecule has 0 radical (unpaired) electrons. The van der Waals surface area contributed by atoms with E-state index < -0.39 is 0 Å². The summed E-state index contributed by atoms with van der Waals surface area (Å²) in [5, 5.41) is 2.14. The number of hydrogen-bond donors (Lipinski definition) is 1. The van der Waals surface area contributed by atoms with Crippen molar-refractivity contribution in [3.8, 4) is 0 Å². The summed E-state index contributed by atoms with van der Waals surface area (Å²) in [5.41, 5.74) is 4.50. The van der Waals surface area contributed by atoms with Crippen molar-refractivity contribution in [2.24, 2.45) is 5.73 Å². The van der Waals surface area contributed by atoms with Crippen molar-refractivity contribution in [1.82, 2.24) is 0 Å². The summed E-state index contributed by atoms with van der Waals surface area (Å²) in [5.74, 6) is 0. The van der Waals surface area contributed by atoms with Gasteiger partial charge in [0.15, 0.2) is 0 Å². The maximum Gasteiger partial charge on any atom is 0.00452 e. The average molecular weight is 171 g/mol. The molecule has 64 valence electrons. The van der Waals surface area contributed by atoms with Crippen LogP contribution in [0.25, 0.3) is 0 Å². The zero-order valence-electron chi connectivity index (χ0n) is 7.34. The SMILES string of the molecule is CCCCc1cccs1.CN. The van der Waals surface area contributed by atoms with Crippen LogP contribution >= 0.6 is 11.3 Å². The minimum atomic E-state index is 1.27. The quantitative estimate of drug-likeness (QED) is 0.743. The first-order chi connectivity index (χ1) is 5.43. The molecule has 0 aromatic carbocycles. The van der Waals surface area contributed by atoms with Crippen molar-refractivity contribution >= 4 is 11.3 Å². The molecular formula is C9H17NS. The number of unbranched alkanes of at least 4 members (excludes halogenated alkanes) is 1. The van der Waals surface area contributed by atoms with Gasteiger partial charge in [-0.3, -0.25) is 0 Å². The molecular weight excluding hydrogens is 154 g/mol. The Morgan fingerprint density at radius 2 is 2.18 bits per heavy atom. The van der Waals surface area contributed by atoms with Crippen LogP contribution in [-0.4, -0.2) is 7.05 Å². The van der Waals surface area contributed by atoms with Crippen LogP contribution in [0, 0.1) is 0 Å². The van der Waals surface area contributed by atoms with Crippen LogP contribution in [0.15, 0.2) is 17.5 Å². The number of nitrogens with two attached hydrogens (primary N) is 1. The molecule has 1 rings (SSSR count). The van der Waals surface area contributed by atoms with Crippen molar-refractivity contribution in [1.29, 1.82) is 0 Å². The van der Waals surface area contributed by atoms with E-state index in [0.717, 1.165) is 0 Å². The van der Waals surface area contributed by atoms with Gasteiger partial charge in [-0.05, 0) is 31.3 Å². The molecule has 11 heavy (non-hydrogen) atoms. The third kappa shape index (κ3) is 4.99. The zero-order chi connectivity index (χ0) is 8.53. The fourth-order valence-electron chi connectivity index (χ4n) is 0.806. The largest absolute Gasteiger partial charge is 0.333 e. The summed E-state index contributed by atoms with van der Waals surface area (Å²) in [6.45, 7) is 2.23. The second kappa shape index (κ2) is 7.76. The van der Waals surface area contributed by atoms with Gasteiger partial charge in [0.2, 0.25) is 0 Å². The van der Waals surface area contributed by atoms with Gasteiger partial charge in [0, 0.05) is 4.88 Å². The Morgan fingerprint density at radius 1 is 1.45 bits per heavy atom. The molecule has 2 heteroatoms. The first-order valence-electron chi connectivity index (χ1n) is 4.03. The van der Waals surface area contributed by atoms with Gasteiger partial charge < -0.3 is 5.73 Å². The molecule has 1 aromatic rings. The van der Waals surface area contributed by atoms with Crippen LogP contribution < -0.4 is 5.73 Å². The van der Waals surface area contributed by atoms with Gasteiger partial charge in [-0.1, -0.05) is 19.4 Å². The van der Waals surface area contributed by atoms with Crippen molar-refractivity contribution in [3.05, 3.63) is 22.4 Å². The van der Waals surface area contributed by atoms with Crippen molar-refractivity contribution in [2.45, 2.75) is 26.2 Å². The smallest absolute Gasteiger partial charge is 0.00452 e. The molecule has 0 unspecified atom stereocenters. The lowest BCUT2D eigenvalue weighted by molar-refractivity contribution is 0.804. The van der Waals surface area contributed by atoms with Crippen molar-refractivity contribution in [3.63, 3.8) is 0 Å². The molecule has 0 aliphatic carbocycles. The van der Waals surface area contributed by atoms with E-state index in [-0.39, 0.29) is 0 Å². The van der Waals surface area contributed by atoms with E-state index in [9.17, 15) is 0 Å². The van der Waals surface area contributed by atoms with E-state index >= 15 is 0 Å². The van der Waals surface area contributed by atoms with Gasteiger partial charge in [0.25, 0.3) is 0 Å². The van der Waals surface area contributed by atoms with E-state index in [4.69, 9.17) is 0 Å². The Kier molecular flexibility index (Phi) is 7.52. The minimum Gasteiger partial charge on any atom is -0.333 e. The minimum absolute atomic E-state index is 1.27. The number of thiophene rings is 1. The first-order valence-corrected chi connectivity index (χ1v) is 4.91. The summed E-state index contributed by atoms with van der Waals surface area (Å²) < 4.78 is 0. The number of rotatable bonds is 3. The Hall–Kier alpha value is -0.340. The fourth-order valence-corrected chi connectivity index (χ4v) is 1.56. The lowest BCUT2D eigenvalue weighted by Crippen LogP contribution is -1.75. The molecule has 0 aliphatic rings. The highest BCUT2D eigenvalue weighted by Gasteiger charge is 1.89. The Morgan fingerprint density at radius 3 is 2.64 bits per heavy atom. The maximum atomic E-state index is 4.50. The Bertz CT molecular complexity index is 147. The molecule has 0 saturated carbocycles. The van der Waals surface area contributed by atoms with Crippen LogP contribution in [0.3, 0.4) is 0 Å². The molecule has 0 bridgehead atoms. The van der Waals surface area contributed by atoms with Crippen LogP contribution in [0.4, 0.5) is 0 Å². The second-order valence-corrected chi connectivity index (χ2v) is 3.22. The highest BCUT2D eigenvalue weighted by Crippen LogP contribution is 2.11. The van der Waals surface area contributed by atoms with Crippen LogP contribution in [0.1, 0.15) is 24.6 Å². The lowest BCUT2D eigenvalue weighted by Gasteiger charge is -1.90. The van der Waals surface area contributed by atoms with E-state index in [0.29, 0.717) is 0 Å². The summed E-state index contributed by atoms with van der Waals surface area (Å²) in [7, 11) is 1.50. The molecule has 0 atom stereocenters. The summed E-state index contributed by atoms with van der Waals surface area (Å²) in [6, 6.07) is 4.33. The number of aryl methyl sites for hydroxylation is 1. The molecule has 0 fully saturated rings. The van der Waals surface area contributed by atoms with Crippen molar-refractivity contribution in [2.75, 3.05) is 7.05 Å². The molecule has 1 nitrogen and oxygen atoms in total. The molecule has 1 heterocycles. The van der Waals surface area contributed by atoms with Crippen LogP contribution in [0.5, 0.6) is 0 Å². The molecule has 0 aliphatic heterocycles. The van der Waals surface area contributed by atoms with Gasteiger partial charge in [-0.15, -0.1) is 11.3 Å². The third-order valence-electron chi connectivity index (χ3n) is 1.36.